The molecule has 0 aliphatic heterocycles. The molecule has 0 aliphatic rings. The van der Waals surface area contributed by atoms with E-state index >= 15 is 0 Å². The van der Waals surface area contributed by atoms with Crippen LogP contribution in [0.2, 0.25) is 0 Å². The van der Waals surface area contributed by atoms with Crippen LogP contribution in [0.1, 0.15) is 5.56 Å². The van der Waals surface area contributed by atoms with Gasteiger partial charge < -0.3 is 16.2 Å². The minimum absolute atomic E-state index is 0.205. The van der Waals surface area contributed by atoms with Gasteiger partial charge in [0.15, 0.2) is 0 Å². The summed E-state index contributed by atoms with van der Waals surface area (Å²) in [7, 11) is 1.47. The first-order valence-electron chi connectivity index (χ1n) is 3.82. The lowest BCUT2D eigenvalue weighted by molar-refractivity contribution is 0.417. The van der Waals surface area contributed by atoms with Crippen molar-refractivity contribution < 1.29 is 4.74 Å². The Hall–Kier alpha value is -2.22. The van der Waals surface area contributed by atoms with Crippen molar-refractivity contribution in [2.24, 2.45) is 0 Å². The number of hydrogen-bond donors (Lipinski definition) is 3. The van der Waals surface area contributed by atoms with Gasteiger partial charge in [0.2, 0.25) is 0 Å². The zero-order valence-corrected chi connectivity index (χ0v) is 7.66. The van der Waals surface area contributed by atoms with E-state index in [0.29, 0.717) is 11.3 Å². The quantitative estimate of drug-likeness (QED) is 0.472. The zero-order valence-electron chi connectivity index (χ0n) is 7.66. The molecule has 0 amide bonds. The predicted molar refractivity (Wildman–Crippen MR) is 54.3 cm³/mol. The van der Waals surface area contributed by atoms with Crippen molar-refractivity contribution in [2.45, 2.75) is 0 Å². The molecule has 0 bridgehead atoms. The van der Waals surface area contributed by atoms with Crippen molar-refractivity contribution in [1.82, 2.24) is 0 Å². The van der Waals surface area contributed by atoms with E-state index in [-0.39, 0.29) is 17.1 Å². The molecule has 1 aromatic rings. The first-order valence-corrected chi connectivity index (χ1v) is 3.82. The number of hydrogen-bond acceptors (Lipinski definition) is 5. The summed E-state index contributed by atoms with van der Waals surface area (Å²) in [6, 6.07) is 4.81. The molecule has 5 heteroatoms. The Balaban J connectivity index is 3.32. The number of methoxy groups -OCH3 is 1. The molecule has 0 unspecified atom stereocenters. The maximum absolute atomic E-state index is 8.53. The standard InChI is InChI=1S/C9H10N4O/c1-14-7-3-2-5(6(11)4-10)8(12)9(7)13/h2-3,11H,12-13H2,1H3. The van der Waals surface area contributed by atoms with Gasteiger partial charge in [0.1, 0.15) is 17.5 Å². The Morgan fingerprint density at radius 1 is 1.43 bits per heavy atom. The second kappa shape index (κ2) is 3.66. The molecule has 14 heavy (non-hydrogen) atoms. The highest BCUT2D eigenvalue weighted by Crippen LogP contribution is 2.30. The number of rotatable bonds is 2. The Labute approximate surface area is 81.4 Å². The van der Waals surface area contributed by atoms with Crippen LogP contribution in [-0.4, -0.2) is 12.8 Å². The van der Waals surface area contributed by atoms with Gasteiger partial charge in [-0.2, -0.15) is 5.26 Å². The van der Waals surface area contributed by atoms with Crippen molar-refractivity contribution in [3.63, 3.8) is 0 Å². The molecule has 5 nitrogen and oxygen atoms in total. The molecule has 0 spiro atoms. The van der Waals surface area contributed by atoms with Crippen LogP contribution in [0.4, 0.5) is 11.4 Å². The smallest absolute Gasteiger partial charge is 0.143 e. The van der Waals surface area contributed by atoms with Gasteiger partial charge in [-0.15, -0.1) is 0 Å². The predicted octanol–water partition coefficient (Wildman–Crippen LogP) is 0.751. The van der Waals surface area contributed by atoms with Crippen LogP contribution in [0, 0.1) is 16.7 Å². The molecule has 0 fully saturated rings. The number of anilines is 2. The van der Waals surface area contributed by atoms with Gasteiger partial charge in [0.05, 0.1) is 18.5 Å². The van der Waals surface area contributed by atoms with Gasteiger partial charge in [-0.1, -0.05) is 0 Å². The summed E-state index contributed by atoms with van der Waals surface area (Å²) in [6.45, 7) is 0. The van der Waals surface area contributed by atoms with E-state index in [1.54, 1.807) is 12.1 Å². The highest BCUT2D eigenvalue weighted by atomic mass is 16.5. The van der Waals surface area contributed by atoms with E-state index in [2.05, 4.69) is 0 Å². The number of benzene rings is 1. The highest BCUT2D eigenvalue weighted by molar-refractivity contribution is 6.14. The number of nitrogens with two attached hydrogens (primary N) is 2. The summed E-state index contributed by atoms with van der Waals surface area (Å²) >= 11 is 0. The monoisotopic (exact) mass is 190 g/mol. The summed E-state index contributed by atoms with van der Waals surface area (Å²) in [5.41, 5.74) is 11.8. The average molecular weight is 190 g/mol. The van der Waals surface area contributed by atoms with Gasteiger partial charge >= 0.3 is 0 Å². The molecule has 0 aliphatic carbocycles. The SMILES string of the molecule is COc1ccc(C(=N)C#N)c(N)c1N. The van der Waals surface area contributed by atoms with Crippen LogP contribution in [0.5, 0.6) is 5.75 Å². The second-order valence-corrected chi connectivity index (χ2v) is 2.63. The number of nitriles is 1. The van der Waals surface area contributed by atoms with E-state index in [1.807, 2.05) is 0 Å². The number of nitrogens with one attached hydrogen (secondary N) is 1. The summed E-state index contributed by atoms with van der Waals surface area (Å²) in [4.78, 5) is 0. The molecular formula is C9H10N4O. The van der Waals surface area contributed by atoms with Crippen LogP contribution in [-0.2, 0) is 0 Å². The Kier molecular flexibility index (Phi) is 2.58. The molecule has 0 atom stereocenters. The molecule has 1 aromatic carbocycles. The van der Waals surface area contributed by atoms with Gasteiger partial charge in [0, 0.05) is 5.56 Å². The summed E-state index contributed by atoms with van der Waals surface area (Å²) in [5.74, 6) is 0.442. The molecule has 0 saturated carbocycles. The lowest BCUT2D eigenvalue weighted by Gasteiger charge is -2.09. The minimum Gasteiger partial charge on any atom is -0.495 e. The lowest BCUT2D eigenvalue weighted by atomic mass is 10.1. The fraction of sp³-hybridized carbons (Fsp3) is 0.111. The van der Waals surface area contributed by atoms with Gasteiger partial charge in [-0.05, 0) is 12.1 Å². The normalized spacial score (nSPS) is 9.14. The van der Waals surface area contributed by atoms with E-state index in [9.17, 15) is 0 Å². The second-order valence-electron chi connectivity index (χ2n) is 2.63. The molecule has 5 N–H and O–H groups in total. The fourth-order valence-corrected chi connectivity index (χ4v) is 1.07. The van der Waals surface area contributed by atoms with Crippen LogP contribution in [0.3, 0.4) is 0 Å². The Morgan fingerprint density at radius 2 is 2.07 bits per heavy atom. The number of nitrogen functional groups attached to an aromatic ring is 2. The molecule has 72 valence electrons. The van der Waals surface area contributed by atoms with Crippen molar-refractivity contribution in [3.8, 4) is 11.8 Å². The van der Waals surface area contributed by atoms with Crippen LogP contribution < -0.4 is 16.2 Å². The first kappa shape index (κ1) is 9.86. The van der Waals surface area contributed by atoms with Gasteiger partial charge in [0.25, 0.3) is 0 Å². The van der Waals surface area contributed by atoms with Gasteiger partial charge in [-0.3, -0.25) is 5.41 Å². The van der Waals surface area contributed by atoms with Crippen LogP contribution >= 0.6 is 0 Å². The van der Waals surface area contributed by atoms with Crippen molar-refractivity contribution >= 4 is 17.1 Å². The minimum atomic E-state index is -0.211. The van der Waals surface area contributed by atoms with Crippen molar-refractivity contribution in [2.75, 3.05) is 18.6 Å². The third kappa shape index (κ3) is 1.45. The summed E-state index contributed by atoms with van der Waals surface area (Å²) in [6.07, 6.45) is 0. The molecule has 0 radical (unpaired) electrons. The third-order valence-electron chi connectivity index (χ3n) is 1.85. The average Bonchev–Trinajstić information content (AvgIpc) is 2.21. The van der Waals surface area contributed by atoms with Crippen LogP contribution in [0.15, 0.2) is 12.1 Å². The molecule has 0 heterocycles. The number of ether oxygens (including phenoxy) is 1. The summed E-state index contributed by atoms with van der Waals surface area (Å²) in [5, 5.41) is 15.8. The molecule has 0 saturated heterocycles. The summed E-state index contributed by atoms with van der Waals surface area (Å²) < 4.78 is 4.94. The molecule has 1 rings (SSSR count). The maximum Gasteiger partial charge on any atom is 0.143 e. The Morgan fingerprint density at radius 3 is 2.57 bits per heavy atom. The number of nitrogens with zero attached hydrogens (tertiary/aromatic N) is 1. The van der Waals surface area contributed by atoms with E-state index in [4.69, 9.17) is 26.9 Å². The van der Waals surface area contributed by atoms with Crippen molar-refractivity contribution in [1.29, 1.82) is 10.7 Å². The topological polar surface area (TPSA) is 109 Å². The third-order valence-corrected chi connectivity index (χ3v) is 1.85. The van der Waals surface area contributed by atoms with Crippen LogP contribution in [0.25, 0.3) is 0 Å². The largest absolute Gasteiger partial charge is 0.495 e. The maximum atomic E-state index is 8.53. The Bertz CT molecular complexity index is 420. The fourth-order valence-electron chi connectivity index (χ4n) is 1.07. The van der Waals surface area contributed by atoms with Gasteiger partial charge in [-0.25, -0.2) is 0 Å². The molecular weight excluding hydrogens is 180 g/mol. The lowest BCUT2D eigenvalue weighted by Crippen LogP contribution is -2.06. The van der Waals surface area contributed by atoms with E-state index < -0.39 is 0 Å². The first-order chi connectivity index (χ1) is 6.61. The highest BCUT2D eigenvalue weighted by Gasteiger charge is 2.11. The van der Waals surface area contributed by atoms with Crippen molar-refractivity contribution in [3.05, 3.63) is 17.7 Å². The van der Waals surface area contributed by atoms with E-state index in [1.165, 1.54) is 13.2 Å². The zero-order chi connectivity index (χ0) is 10.7. The molecule has 0 aromatic heterocycles. The van der Waals surface area contributed by atoms with E-state index in [0.717, 1.165) is 0 Å².